The van der Waals surface area contributed by atoms with E-state index in [1.807, 2.05) is 13.8 Å². The van der Waals surface area contributed by atoms with E-state index in [-0.39, 0.29) is 18.2 Å². The van der Waals surface area contributed by atoms with Gasteiger partial charge in [-0.15, -0.1) is 0 Å². The van der Waals surface area contributed by atoms with Gasteiger partial charge in [0.25, 0.3) is 5.91 Å². The Kier molecular flexibility index (Phi) is 4.11. The Morgan fingerprint density at radius 2 is 2.29 bits per heavy atom. The summed E-state index contributed by atoms with van der Waals surface area (Å²) < 4.78 is 1.60. The van der Waals surface area contributed by atoms with Gasteiger partial charge in [0.05, 0.1) is 17.8 Å². The largest absolute Gasteiger partial charge is 0.396 e. The van der Waals surface area contributed by atoms with Crippen LogP contribution in [0.4, 0.5) is 5.69 Å². The summed E-state index contributed by atoms with van der Waals surface area (Å²) in [6.07, 6.45) is 2.25. The van der Waals surface area contributed by atoms with Crippen LogP contribution in [0.5, 0.6) is 0 Å². The van der Waals surface area contributed by atoms with Crippen molar-refractivity contribution < 1.29 is 9.90 Å². The number of rotatable bonds is 5. The molecule has 4 N–H and O–H groups in total. The summed E-state index contributed by atoms with van der Waals surface area (Å²) in [4.78, 5) is 12.0. The molecule has 0 bridgehead atoms. The van der Waals surface area contributed by atoms with Gasteiger partial charge in [0.15, 0.2) is 5.69 Å². The summed E-state index contributed by atoms with van der Waals surface area (Å²) in [5, 5.41) is 16.1. The molecular weight excluding hydrogens is 220 g/mol. The molecular formula is C11H20N4O2. The molecule has 0 aliphatic rings. The average molecular weight is 240 g/mol. The van der Waals surface area contributed by atoms with Gasteiger partial charge in [-0.1, -0.05) is 6.92 Å². The van der Waals surface area contributed by atoms with Gasteiger partial charge in [-0.25, -0.2) is 0 Å². The number of hydrogen-bond acceptors (Lipinski definition) is 4. The Balaban J connectivity index is 2.86. The first-order chi connectivity index (χ1) is 7.95. The molecule has 0 aliphatic carbocycles. The highest BCUT2D eigenvalue weighted by atomic mass is 16.3. The SMILES string of the molecule is CCn1cc(N)c(C(=O)NC(C)(CC)CO)n1. The molecule has 0 fully saturated rings. The van der Waals surface area contributed by atoms with E-state index in [0.717, 1.165) is 0 Å². The highest BCUT2D eigenvalue weighted by molar-refractivity contribution is 5.97. The maximum absolute atomic E-state index is 12.0. The lowest BCUT2D eigenvalue weighted by Gasteiger charge is -2.26. The maximum atomic E-state index is 12.0. The zero-order valence-electron chi connectivity index (χ0n) is 10.5. The van der Waals surface area contributed by atoms with Gasteiger partial charge < -0.3 is 16.2 Å². The van der Waals surface area contributed by atoms with Gasteiger partial charge in [-0.05, 0) is 20.3 Å². The fourth-order valence-electron chi connectivity index (χ4n) is 1.35. The first-order valence-corrected chi connectivity index (χ1v) is 5.72. The second-order valence-electron chi connectivity index (χ2n) is 4.32. The van der Waals surface area contributed by atoms with Crippen molar-refractivity contribution in [1.29, 1.82) is 0 Å². The Labute approximate surface area is 101 Å². The van der Waals surface area contributed by atoms with E-state index < -0.39 is 5.54 Å². The molecule has 1 atom stereocenters. The summed E-state index contributed by atoms with van der Waals surface area (Å²) in [6.45, 7) is 6.12. The minimum absolute atomic E-state index is 0.121. The van der Waals surface area contributed by atoms with Gasteiger partial charge in [0.2, 0.25) is 0 Å². The van der Waals surface area contributed by atoms with Crippen LogP contribution in [0.2, 0.25) is 0 Å². The third-order valence-electron chi connectivity index (χ3n) is 2.87. The third-order valence-corrected chi connectivity index (χ3v) is 2.87. The fraction of sp³-hybridized carbons (Fsp3) is 0.636. The topological polar surface area (TPSA) is 93.2 Å². The Morgan fingerprint density at radius 3 is 2.71 bits per heavy atom. The molecule has 6 heteroatoms. The molecule has 1 unspecified atom stereocenters. The Morgan fingerprint density at radius 1 is 1.65 bits per heavy atom. The molecule has 0 spiro atoms. The number of amides is 1. The molecule has 1 amide bonds. The van der Waals surface area contributed by atoms with Crippen LogP contribution in [0.15, 0.2) is 6.20 Å². The molecule has 1 aromatic heterocycles. The maximum Gasteiger partial charge on any atom is 0.274 e. The van der Waals surface area contributed by atoms with E-state index in [9.17, 15) is 9.90 Å². The fourth-order valence-corrected chi connectivity index (χ4v) is 1.35. The first-order valence-electron chi connectivity index (χ1n) is 5.72. The van der Waals surface area contributed by atoms with Crippen molar-refractivity contribution in [1.82, 2.24) is 15.1 Å². The number of aliphatic hydroxyl groups excluding tert-OH is 1. The second-order valence-corrected chi connectivity index (χ2v) is 4.32. The summed E-state index contributed by atoms with van der Waals surface area (Å²) >= 11 is 0. The zero-order chi connectivity index (χ0) is 13.1. The lowest BCUT2D eigenvalue weighted by atomic mass is 10.00. The van der Waals surface area contributed by atoms with Crippen molar-refractivity contribution in [2.24, 2.45) is 0 Å². The molecule has 6 nitrogen and oxygen atoms in total. The van der Waals surface area contributed by atoms with E-state index in [1.54, 1.807) is 17.8 Å². The van der Waals surface area contributed by atoms with Crippen molar-refractivity contribution in [3.05, 3.63) is 11.9 Å². The minimum Gasteiger partial charge on any atom is -0.396 e. The average Bonchev–Trinajstić information content (AvgIpc) is 2.70. The number of hydrogen-bond donors (Lipinski definition) is 3. The van der Waals surface area contributed by atoms with E-state index in [0.29, 0.717) is 18.7 Å². The zero-order valence-corrected chi connectivity index (χ0v) is 10.5. The van der Waals surface area contributed by atoms with Crippen LogP contribution in [0.1, 0.15) is 37.7 Å². The van der Waals surface area contributed by atoms with Gasteiger partial charge in [0.1, 0.15) is 0 Å². The standard InChI is InChI=1S/C11H20N4O2/c1-4-11(3,7-16)13-10(17)9-8(12)6-15(5-2)14-9/h6,16H,4-5,7,12H2,1-3H3,(H,13,17). The number of carbonyl (C=O) groups is 1. The van der Waals surface area contributed by atoms with Gasteiger partial charge in [-0.2, -0.15) is 5.10 Å². The molecule has 1 rings (SSSR count). The lowest BCUT2D eigenvalue weighted by Crippen LogP contribution is -2.48. The minimum atomic E-state index is -0.639. The summed E-state index contributed by atoms with van der Waals surface area (Å²) in [6, 6.07) is 0. The monoisotopic (exact) mass is 240 g/mol. The van der Waals surface area contributed by atoms with Crippen LogP contribution in [-0.2, 0) is 6.54 Å². The van der Waals surface area contributed by atoms with Crippen LogP contribution in [0.25, 0.3) is 0 Å². The quantitative estimate of drug-likeness (QED) is 0.693. The van der Waals surface area contributed by atoms with Gasteiger partial charge in [0, 0.05) is 12.7 Å². The number of nitrogens with zero attached hydrogens (tertiary/aromatic N) is 2. The van der Waals surface area contributed by atoms with Gasteiger partial charge >= 0.3 is 0 Å². The molecule has 0 saturated carbocycles. The Bertz CT molecular complexity index is 396. The van der Waals surface area contributed by atoms with E-state index in [1.165, 1.54) is 0 Å². The third kappa shape index (κ3) is 2.97. The van der Waals surface area contributed by atoms with E-state index in [4.69, 9.17) is 5.73 Å². The summed E-state index contributed by atoms with van der Waals surface area (Å²) in [7, 11) is 0. The van der Waals surface area contributed by atoms with Crippen LogP contribution in [0, 0.1) is 0 Å². The smallest absolute Gasteiger partial charge is 0.274 e. The molecule has 0 saturated heterocycles. The molecule has 1 heterocycles. The van der Waals surface area contributed by atoms with Crippen molar-refractivity contribution in [2.45, 2.75) is 39.3 Å². The van der Waals surface area contributed by atoms with Crippen LogP contribution < -0.4 is 11.1 Å². The molecule has 0 aromatic carbocycles. The number of aryl methyl sites for hydroxylation is 1. The molecule has 17 heavy (non-hydrogen) atoms. The number of nitrogen functional groups attached to an aromatic ring is 1. The van der Waals surface area contributed by atoms with Crippen molar-refractivity contribution >= 4 is 11.6 Å². The number of aliphatic hydroxyl groups is 1. The van der Waals surface area contributed by atoms with Crippen LogP contribution >= 0.6 is 0 Å². The predicted octanol–water partition coefficient (Wildman–Crippen LogP) is 0.376. The van der Waals surface area contributed by atoms with Crippen molar-refractivity contribution in [3.63, 3.8) is 0 Å². The highest BCUT2D eigenvalue weighted by Crippen LogP contribution is 2.13. The molecule has 1 aromatic rings. The van der Waals surface area contributed by atoms with Crippen LogP contribution in [-0.4, -0.2) is 32.9 Å². The number of nitrogens with two attached hydrogens (primary N) is 1. The van der Waals surface area contributed by atoms with Crippen LogP contribution in [0.3, 0.4) is 0 Å². The normalized spacial score (nSPS) is 14.4. The molecule has 0 aliphatic heterocycles. The molecule has 96 valence electrons. The van der Waals surface area contributed by atoms with E-state index in [2.05, 4.69) is 10.4 Å². The Hall–Kier alpha value is -1.56. The number of nitrogens with one attached hydrogen (secondary N) is 1. The number of aromatic nitrogens is 2. The number of anilines is 1. The summed E-state index contributed by atoms with van der Waals surface area (Å²) in [5.74, 6) is -0.354. The lowest BCUT2D eigenvalue weighted by molar-refractivity contribution is 0.0842. The predicted molar refractivity (Wildman–Crippen MR) is 65.6 cm³/mol. The van der Waals surface area contributed by atoms with Crippen molar-refractivity contribution in [3.8, 4) is 0 Å². The molecule has 0 radical (unpaired) electrons. The number of carbonyl (C=O) groups excluding carboxylic acids is 1. The first kappa shape index (κ1) is 13.5. The van der Waals surface area contributed by atoms with Gasteiger partial charge in [-0.3, -0.25) is 9.48 Å². The van der Waals surface area contributed by atoms with E-state index >= 15 is 0 Å². The highest BCUT2D eigenvalue weighted by Gasteiger charge is 2.26. The summed E-state index contributed by atoms with van der Waals surface area (Å²) in [5.41, 5.74) is 5.63. The second kappa shape index (κ2) is 5.18. The van der Waals surface area contributed by atoms with Crippen molar-refractivity contribution in [2.75, 3.05) is 12.3 Å².